The number of hydrogen-bond donors (Lipinski definition) is 1. The Balaban J connectivity index is 1.77. The number of nitrogens with zero attached hydrogens (tertiary/aromatic N) is 1. The van der Waals surface area contributed by atoms with Gasteiger partial charge in [0.15, 0.2) is 0 Å². The van der Waals surface area contributed by atoms with Crippen LogP contribution in [0.4, 0.5) is 0 Å². The second kappa shape index (κ2) is 5.67. The molecule has 1 aliphatic carbocycles. The lowest BCUT2D eigenvalue weighted by molar-refractivity contribution is 0.124. The third-order valence-corrected chi connectivity index (χ3v) is 4.75. The summed E-state index contributed by atoms with van der Waals surface area (Å²) in [5, 5.41) is 0. The molecule has 100 valence electrons. The van der Waals surface area contributed by atoms with Gasteiger partial charge in [-0.3, -0.25) is 0 Å². The summed E-state index contributed by atoms with van der Waals surface area (Å²) < 4.78 is 25.1. The quantitative estimate of drug-likeness (QED) is 0.833. The first-order valence-electron chi connectivity index (χ1n) is 6.76. The van der Waals surface area contributed by atoms with E-state index in [4.69, 9.17) is 0 Å². The zero-order valence-corrected chi connectivity index (χ0v) is 11.5. The topological polar surface area (TPSA) is 49.4 Å². The zero-order valence-electron chi connectivity index (χ0n) is 10.7. The first kappa shape index (κ1) is 13.3. The summed E-state index contributed by atoms with van der Waals surface area (Å²) in [4.78, 5) is 2.61. The van der Waals surface area contributed by atoms with Crippen LogP contribution in [0.1, 0.15) is 44.9 Å². The van der Waals surface area contributed by atoms with Gasteiger partial charge in [0.25, 0.3) is 0 Å². The van der Waals surface area contributed by atoms with Crippen LogP contribution in [-0.4, -0.2) is 44.7 Å². The molecule has 0 aromatic rings. The highest BCUT2D eigenvalue weighted by Gasteiger charge is 2.27. The van der Waals surface area contributed by atoms with Gasteiger partial charge >= 0.3 is 0 Å². The van der Waals surface area contributed by atoms with Crippen LogP contribution in [0.5, 0.6) is 0 Å². The average Bonchev–Trinajstić information content (AvgIpc) is 2.29. The molecule has 4 nitrogen and oxygen atoms in total. The highest BCUT2D eigenvalue weighted by Crippen LogP contribution is 2.25. The molecule has 0 spiro atoms. The Morgan fingerprint density at radius 2 is 1.59 bits per heavy atom. The van der Waals surface area contributed by atoms with E-state index in [1.807, 2.05) is 0 Å². The molecule has 0 aromatic carbocycles. The molecular formula is C12H24N2O2S. The van der Waals surface area contributed by atoms with Crippen molar-refractivity contribution >= 4 is 10.0 Å². The van der Waals surface area contributed by atoms with Crippen LogP contribution < -0.4 is 4.72 Å². The summed E-state index contributed by atoms with van der Waals surface area (Å²) in [5.41, 5.74) is 0. The minimum absolute atomic E-state index is 0.172. The van der Waals surface area contributed by atoms with Crippen molar-refractivity contribution in [3.05, 3.63) is 0 Å². The van der Waals surface area contributed by atoms with Crippen molar-refractivity contribution in [1.29, 1.82) is 0 Å². The van der Waals surface area contributed by atoms with Gasteiger partial charge < -0.3 is 4.90 Å². The number of nitrogens with one attached hydrogen (secondary N) is 1. The molecule has 1 aliphatic heterocycles. The molecule has 1 heterocycles. The second-order valence-electron chi connectivity index (χ2n) is 5.49. The molecule has 2 rings (SSSR count). The SMILES string of the molecule is CS(=O)(=O)NC1CCC(N2CCCCC2)CC1. The van der Waals surface area contributed by atoms with Crippen molar-refractivity contribution in [2.45, 2.75) is 57.0 Å². The summed E-state index contributed by atoms with van der Waals surface area (Å²) in [6.45, 7) is 2.49. The highest BCUT2D eigenvalue weighted by molar-refractivity contribution is 7.88. The molecule has 2 aliphatic rings. The van der Waals surface area contributed by atoms with Crippen LogP contribution in [0, 0.1) is 0 Å². The Bertz CT molecular complexity index is 328. The number of sulfonamides is 1. The summed E-state index contributed by atoms with van der Waals surface area (Å²) in [6, 6.07) is 0.874. The fourth-order valence-corrected chi connectivity index (χ4v) is 3.99. The summed E-state index contributed by atoms with van der Waals surface area (Å²) in [7, 11) is -3.03. The van der Waals surface area contributed by atoms with E-state index in [0.717, 1.165) is 25.7 Å². The Morgan fingerprint density at radius 3 is 2.12 bits per heavy atom. The molecule has 1 saturated heterocycles. The van der Waals surface area contributed by atoms with Crippen LogP contribution in [-0.2, 0) is 10.0 Å². The van der Waals surface area contributed by atoms with E-state index >= 15 is 0 Å². The van der Waals surface area contributed by atoms with Crippen LogP contribution in [0.2, 0.25) is 0 Å². The monoisotopic (exact) mass is 260 g/mol. The maximum Gasteiger partial charge on any atom is 0.208 e. The minimum Gasteiger partial charge on any atom is -0.300 e. The fraction of sp³-hybridized carbons (Fsp3) is 1.00. The van der Waals surface area contributed by atoms with E-state index in [-0.39, 0.29) is 6.04 Å². The minimum atomic E-state index is -3.03. The van der Waals surface area contributed by atoms with Crippen molar-refractivity contribution in [1.82, 2.24) is 9.62 Å². The van der Waals surface area contributed by atoms with Crippen LogP contribution in [0.3, 0.4) is 0 Å². The van der Waals surface area contributed by atoms with E-state index in [1.165, 1.54) is 38.6 Å². The van der Waals surface area contributed by atoms with E-state index < -0.39 is 10.0 Å². The molecule has 0 bridgehead atoms. The van der Waals surface area contributed by atoms with E-state index in [1.54, 1.807) is 0 Å². The first-order chi connectivity index (χ1) is 8.04. The van der Waals surface area contributed by atoms with Gasteiger partial charge in [0.1, 0.15) is 0 Å². The third-order valence-electron chi connectivity index (χ3n) is 3.98. The Hall–Kier alpha value is -0.130. The Labute approximate surface area is 105 Å². The number of piperidine rings is 1. The molecule has 2 fully saturated rings. The maximum atomic E-state index is 11.2. The first-order valence-corrected chi connectivity index (χ1v) is 8.65. The van der Waals surface area contributed by atoms with Crippen molar-refractivity contribution in [3.8, 4) is 0 Å². The van der Waals surface area contributed by atoms with Crippen LogP contribution >= 0.6 is 0 Å². The molecule has 1 saturated carbocycles. The summed E-state index contributed by atoms with van der Waals surface area (Å²) in [5.74, 6) is 0. The summed E-state index contributed by atoms with van der Waals surface area (Å²) in [6.07, 6.45) is 9.58. The van der Waals surface area contributed by atoms with Gasteiger partial charge in [-0.25, -0.2) is 13.1 Å². The number of hydrogen-bond acceptors (Lipinski definition) is 3. The largest absolute Gasteiger partial charge is 0.300 e. The molecular weight excluding hydrogens is 236 g/mol. The summed E-state index contributed by atoms with van der Waals surface area (Å²) >= 11 is 0. The smallest absolute Gasteiger partial charge is 0.208 e. The molecule has 0 unspecified atom stereocenters. The number of rotatable bonds is 3. The van der Waals surface area contributed by atoms with Gasteiger partial charge in [0.2, 0.25) is 10.0 Å². The van der Waals surface area contributed by atoms with E-state index in [2.05, 4.69) is 9.62 Å². The molecule has 0 atom stereocenters. The maximum absolute atomic E-state index is 11.2. The van der Waals surface area contributed by atoms with Gasteiger partial charge in [0.05, 0.1) is 6.26 Å². The molecule has 0 radical (unpaired) electrons. The highest BCUT2D eigenvalue weighted by atomic mass is 32.2. The molecule has 17 heavy (non-hydrogen) atoms. The van der Waals surface area contributed by atoms with E-state index in [9.17, 15) is 8.42 Å². The molecule has 1 N–H and O–H groups in total. The standard InChI is InChI=1S/C12H24N2O2S/c1-17(15,16)13-11-5-7-12(8-6-11)14-9-3-2-4-10-14/h11-13H,2-10H2,1H3. The third kappa shape index (κ3) is 4.23. The Morgan fingerprint density at radius 1 is 1.00 bits per heavy atom. The lowest BCUT2D eigenvalue weighted by atomic mass is 9.90. The molecule has 5 heteroatoms. The van der Waals surface area contributed by atoms with Gasteiger partial charge in [0, 0.05) is 12.1 Å². The van der Waals surface area contributed by atoms with Gasteiger partial charge in [-0.15, -0.1) is 0 Å². The number of likely N-dealkylation sites (tertiary alicyclic amines) is 1. The van der Waals surface area contributed by atoms with E-state index in [0.29, 0.717) is 6.04 Å². The van der Waals surface area contributed by atoms with Crippen LogP contribution in [0.25, 0.3) is 0 Å². The van der Waals surface area contributed by atoms with Crippen molar-refractivity contribution in [2.24, 2.45) is 0 Å². The Kier molecular flexibility index (Phi) is 4.44. The van der Waals surface area contributed by atoms with Crippen molar-refractivity contribution in [3.63, 3.8) is 0 Å². The van der Waals surface area contributed by atoms with Gasteiger partial charge in [-0.05, 0) is 51.6 Å². The predicted molar refractivity (Wildman–Crippen MR) is 69.4 cm³/mol. The van der Waals surface area contributed by atoms with Crippen molar-refractivity contribution in [2.75, 3.05) is 19.3 Å². The molecule has 0 aromatic heterocycles. The second-order valence-corrected chi connectivity index (χ2v) is 7.27. The zero-order chi connectivity index (χ0) is 12.3. The lowest BCUT2D eigenvalue weighted by Gasteiger charge is -2.38. The van der Waals surface area contributed by atoms with Gasteiger partial charge in [-0.2, -0.15) is 0 Å². The van der Waals surface area contributed by atoms with Crippen LogP contribution in [0.15, 0.2) is 0 Å². The van der Waals surface area contributed by atoms with Gasteiger partial charge in [-0.1, -0.05) is 6.42 Å². The lowest BCUT2D eigenvalue weighted by Crippen LogP contribution is -2.45. The normalized spacial score (nSPS) is 32.5. The predicted octanol–water partition coefficient (Wildman–Crippen LogP) is 1.33. The average molecular weight is 260 g/mol. The van der Waals surface area contributed by atoms with Crippen molar-refractivity contribution < 1.29 is 8.42 Å². The molecule has 0 amide bonds. The fourth-order valence-electron chi connectivity index (χ4n) is 3.15.